The van der Waals surface area contributed by atoms with Crippen LogP contribution in [0.25, 0.3) is 0 Å². The molecule has 0 bridgehead atoms. The molecule has 2 saturated carbocycles. The van der Waals surface area contributed by atoms with Crippen molar-refractivity contribution in [2.45, 2.75) is 46.0 Å². The average molecular weight is 152 g/mol. The van der Waals surface area contributed by atoms with Crippen LogP contribution in [0, 0.1) is 10.8 Å². The molecule has 0 unspecified atom stereocenters. The van der Waals surface area contributed by atoms with E-state index in [0.717, 1.165) is 12.8 Å². The van der Waals surface area contributed by atoms with E-state index in [1.807, 2.05) is 0 Å². The van der Waals surface area contributed by atoms with E-state index in [1.165, 1.54) is 19.3 Å². The summed E-state index contributed by atoms with van der Waals surface area (Å²) >= 11 is 0. The van der Waals surface area contributed by atoms with Crippen LogP contribution >= 0.6 is 0 Å². The highest BCUT2D eigenvalue weighted by Crippen LogP contribution is 2.59. The van der Waals surface area contributed by atoms with Crippen LogP contribution in [-0.2, 0) is 4.79 Å². The minimum Gasteiger partial charge on any atom is -0.300 e. The van der Waals surface area contributed by atoms with Gasteiger partial charge in [0.15, 0.2) is 0 Å². The Hall–Kier alpha value is -0.330. The number of rotatable bonds is 0. The molecule has 0 aromatic heterocycles. The summed E-state index contributed by atoms with van der Waals surface area (Å²) in [4.78, 5) is 11.3. The molecule has 1 heteroatoms. The first-order valence-corrected chi connectivity index (χ1v) is 4.53. The summed E-state index contributed by atoms with van der Waals surface area (Å²) in [6.45, 7) is 4.45. The van der Waals surface area contributed by atoms with E-state index in [0.29, 0.717) is 16.6 Å². The fourth-order valence-corrected chi connectivity index (χ4v) is 2.69. The van der Waals surface area contributed by atoms with Gasteiger partial charge in [-0.15, -0.1) is 0 Å². The number of carbonyl (C=O) groups is 1. The first kappa shape index (κ1) is 7.33. The minimum atomic E-state index is 0.297. The summed E-state index contributed by atoms with van der Waals surface area (Å²) in [5.74, 6) is 0.499. The van der Waals surface area contributed by atoms with Crippen molar-refractivity contribution in [3.63, 3.8) is 0 Å². The predicted molar refractivity (Wildman–Crippen MR) is 44.3 cm³/mol. The third-order valence-electron chi connectivity index (χ3n) is 3.06. The SMILES string of the molecule is CC1(C)CC(=O)CC2(CC2)C1. The van der Waals surface area contributed by atoms with Gasteiger partial charge >= 0.3 is 0 Å². The Morgan fingerprint density at radius 3 is 2.27 bits per heavy atom. The monoisotopic (exact) mass is 152 g/mol. The van der Waals surface area contributed by atoms with Crippen LogP contribution < -0.4 is 0 Å². The summed E-state index contributed by atoms with van der Waals surface area (Å²) in [7, 11) is 0. The molecule has 0 aliphatic heterocycles. The maximum absolute atomic E-state index is 11.3. The van der Waals surface area contributed by atoms with Crippen molar-refractivity contribution < 1.29 is 4.79 Å². The quantitative estimate of drug-likeness (QED) is 0.521. The van der Waals surface area contributed by atoms with Crippen molar-refractivity contribution in [1.29, 1.82) is 0 Å². The smallest absolute Gasteiger partial charge is 0.133 e. The average Bonchev–Trinajstić information content (AvgIpc) is 2.41. The lowest BCUT2D eigenvalue weighted by atomic mass is 9.70. The molecule has 2 rings (SSSR count). The largest absolute Gasteiger partial charge is 0.300 e. The van der Waals surface area contributed by atoms with Gasteiger partial charge in [0, 0.05) is 12.8 Å². The van der Waals surface area contributed by atoms with Crippen molar-refractivity contribution in [1.82, 2.24) is 0 Å². The zero-order chi connectivity index (χ0) is 8.11. The van der Waals surface area contributed by atoms with Gasteiger partial charge in [0.2, 0.25) is 0 Å². The Bertz CT molecular complexity index is 191. The molecule has 2 fully saturated rings. The molecule has 0 amide bonds. The molecule has 0 aromatic rings. The molecule has 0 saturated heterocycles. The maximum Gasteiger partial charge on any atom is 0.133 e. The lowest BCUT2D eigenvalue weighted by Crippen LogP contribution is -2.29. The first-order chi connectivity index (χ1) is 5.02. The zero-order valence-electron chi connectivity index (χ0n) is 7.44. The van der Waals surface area contributed by atoms with Gasteiger partial charge in [-0.2, -0.15) is 0 Å². The van der Waals surface area contributed by atoms with Crippen LogP contribution in [0.1, 0.15) is 46.0 Å². The highest BCUT2D eigenvalue weighted by molar-refractivity contribution is 5.81. The third-order valence-corrected chi connectivity index (χ3v) is 3.06. The van der Waals surface area contributed by atoms with Crippen molar-refractivity contribution in [3.8, 4) is 0 Å². The topological polar surface area (TPSA) is 17.1 Å². The van der Waals surface area contributed by atoms with Crippen LogP contribution in [0.3, 0.4) is 0 Å². The van der Waals surface area contributed by atoms with E-state index in [-0.39, 0.29) is 0 Å². The van der Waals surface area contributed by atoms with Gasteiger partial charge in [0.05, 0.1) is 0 Å². The number of ketones is 1. The highest BCUT2D eigenvalue weighted by Gasteiger charge is 2.50. The summed E-state index contributed by atoms with van der Waals surface area (Å²) in [5.41, 5.74) is 0.782. The Kier molecular flexibility index (Phi) is 1.25. The third kappa shape index (κ3) is 1.33. The van der Waals surface area contributed by atoms with E-state index in [9.17, 15) is 4.79 Å². The normalized spacial score (nSPS) is 32.4. The van der Waals surface area contributed by atoms with Crippen molar-refractivity contribution in [2.75, 3.05) is 0 Å². The van der Waals surface area contributed by atoms with Gasteiger partial charge in [-0.1, -0.05) is 13.8 Å². The summed E-state index contributed by atoms with van der Waals surface area (Å²) in [6, 6.07) is 0. The molecule has 0 heterocycles. The molecule has 0 aromatic carbocycles. The minimum absolute atomic E-state index is 0.297. The molecule has 2 aliphatic rings. The number of carbonyl (C=O) groups excluding carboxylic acids is 1. The Labute approximate surface area is 68.2 Å². The van der Waals surface area contributed by atoms with Gasteiger partial charge in [0.25, 0.3) is 0 Å². The number of hydrogen-bond acceptors (Lipinski definition) is 1. The molecular weight excluding hydrogens is 136 g/mol. The standard InChI is InChI=1S/C10H16O/c1-9(2)5-8(11)6-10(7-9)3-4-10/h3-7H2,1-2H3. The molecule has 0 atom stereocenters. The van der Waals surface area contributed by atoms with Gasteiger partial charge < -0.3 is 0 Å². The van der Waals surface area contributed by atoms with Gasteiger partial charge in [-0.25, -0.2) is 0 Å². The molecule has 0 radical (unpaired) electrons. The van der Waals surface area contributed by atoms with E-state index >= 15 is 0 Å². The molecule has 62 valence electrons. The predicted octanol–water partition coefficient (Wildman–Crippen LogP) is 2.55. The van der Waals surface area contributed by atoms with Gasteiger partial charge in [-0.05, 0) is 30.1 Å². The molecule has 0 N–H and O–H groups in total. The Morgan fingerprint density at radius 2 is 1.82 bits per heavy atom. The van der Waals surface area contributed by atoms with Crippen molar-refractivity contribution in [2.24, 2.45) is 10.8 Å². The van der Waals surface area contributed by atoms with E-state index in [2.05, 4.69) is 13.8 Å². The van der Waals surface area contributed by atoms with Crippen LogP contribution in [-0.4, -0.2) is 5.78 Å². The van der Waals surface area contributed by atoms with E-state index < -0.39 is 0 Å². The molecule has 1 spiro atoms. The fraction of sp³-hybridized carbons (Fsp3) is 0.900. The van der Waals surface area contributed by atoms with Crippen LogP contribution in [0.5, 0.6) is 0 Å². The summed E-state index contributed by atoms with van der Waals surface area (Å²) in [5, 5.41) is 0. The Morgan fingerprint density at radius 1 is 1.18 bits per heavy atom. The lowest BCUT2D eigenvalue weighted by Gasteiger charge is -2.34. The summed E-state index contributed by atoms with van der Waals surface area (Å²) < 4.78 is 0. The summed E-state index contributed by atoms with van der Waals surface area (Å²) in [6.07, 6.45) is 5.60. The fourth-order valence-electron chi connectivity index (χ4n) is 2.69. The second kappa shape index (κ2) is 1.88. The molecule has 1 nitrogen and oxygen atoms in total. The first-order valence-electron chi connectivity index (χ1n) is 4.53. The number of Topliss-reactive ketones (excluding diaryl/α,β-unsaturated/α-hetero) is 1. The van der Waals surface area contributed by atoms with Gasteiger partial charge in [-0.3, -0.25) is 4.79 Å². The zero-order valence-corrected chi connectivity index (χ0v) is 7.44. The van der Waals surface area contributed by atoms with Crippen molar-refractivity contribution >= 4 is 5.78 Å². The van der Waals surface area contributed by atoms with E-state index in [1.54, 1.807) is 0 Å². The Balaban J connectivity index is 2.15. The highest BCUT2D eigenvalue weighted by atomic mass is 16.1. The van der Waals surface area contributed by atoms with Crippen LogP contribution in [0.4, 0.5) is 0 Å². The second-order valence-electron chi connectivity index (χ2n) is 5.23. The molecular formula is C10H16O. The lowest BCUT2D eigenvalue weighted by molar-refractivity contribution is -0.125. The van der Waals surface area contributed by atoms with Crippen molar-refractivity contribution in [3.05, 3.63) is 0 Å². The second-order valence-corrected chi connectivity index (χ2v) is 5.23. The maximum atomic E-state index is 11.3. The number of hydrogen-bond donors (Lipinski definition) is 0. The van der Waals surface area contributed by atoms with Crippen LogP contribution in [0.2, 0.25) is 0 Å². The van der Waals surface area contributed by atoms with Gasteiger partial charge in [0.1, 0.15) is 5.78 Å². The molecule has 11 heavy (non-hydrogen) atoms. The van der Waals surface area contributed by atoms with Crippen LogP contribution in [0.15, 0.2) is 0 Å². The molecule has 2 aliphatic carbocycles. The van der Waals surface area contributed by atoms with E-state index in [4.69, 9.17) is 0 Å².